The second kappa shape index (κ2) is 25.5. The summed E-state index contributed by atoms with van der Waals surface area (Å²) >= 11 is 0. The van der Waals surface area contributed by atoms with Gasteiger partial charge in [0.2, 0.25) is 0 Å². The van der Waals surface area contributed by atoms with Gasteiger partial charge < -0.3 is 44.9 Å². The van der Waals surface area contributed by atoms with E-state index in [-0.39, 0.29) is 19.1 Å². The van der Waals surface area contributed by atoms with Crippen molar-refractivity contribution in [2.45, 2.75) is 119 Å². The zero-order chi connectivity index (χ0) is 48.4. The second-order valence-electron chi connectivity index (χ2n) is 16.5. The third-order valence-corrected chi connectivity index (χ3v) is 10.3. The highest BCUT2D eigenvalue weighted by molar-refractivity contribution is 6.02. The normalized spacial score (nSPS) is 22.2. The van der Waals surface area contributed by atoms with E-state index in [0.717, 1.165) is 40.5 Å². The Bertz CT molecular complexity index is 2060. The van der Waals surface area contributed by atoms with Gasteiger partial charge in [0.25, 0.3) is 0 Å². The summed E-state index contributed by atoms with van der Waals surface area (Å²) in [6.07, 6.45) is 16.1. The molecule has 63 heavy (non-hydrogen) atoms. The SMILES string of the molecule is CC1=C(/C=C/C(C)=C/C=C/C(C)=C/C=C/C=C(C)/C=C/C=C(C)/C=C/C2=C(C)C(=O)C(OC(=O)C(O)C(O)C(=O)O)CC2(C)C)C(C)(C)CC(OC(=O)C(O)C(O)C=O)C1=O.CO. The molecule has 14 heteroatoms. The zero-order valence-corrected chi connectivity index (χ0v) is 38.0. The number of aliphatic hydroxyl groups is 5. The van der Waals surface area contributed by atoms with Crippen LogP contribution >= 0.6 is 0 Å². The largest absolute Gasteiger partial charge is 0.479 e. The van der Waals surface area contributed by atoms with Gasteiger partial charge in [-0.1, -0.05) is 135 Å². The van der Waals surface area contributed by atoms with Crippen LogP contribution in [0.5, 0.6) is 0 Å². The molecular weight excluding hydrogens is 813 g/mol. The number of carbonyl (C=O) groups is 6. The van der Waals surface area contributed by atoms with Gasteiger partial charge in [0.15, 0.2) is 48.4 Å². The second-order valence-corrected chi connectivity index (χ2v) is 16.5. The Morgan fingerprint density at radius 3 is 1.27 bits per heavy atom. The highest BCUT2D eigenvalue weighted by Gasteiger charge is 2.43. The van der Waals surface area contributed by atoms with E-state index in [1.54, 1.807) is 13.8 Å². The quantitative estimate of drug-likeness (QED) is 0.0579. The van der Waals surface area contributed by atoms with E-state index in [1.807, 2.05) is 140 Å². The summed E-state index contributed by atoms with van der Waals surface area (Å²) in [4.78, 5) is 72.0. The molecule has 2 rings (SSSR count). The maximum Gasteiger partial charge on any atom is 0.339 e. The van der Waals surface area contributed by atoms with Crippen LogP contribution in [0.15, 0.2) is 130 Å². The molecule has 0 spiro atoms. The van der Waals surface area contributed by atoms with Gasteiger partial charge in [0.1, 0.15) is 6.10 Å². The highest BCUT2D eigenvalue weighted by Crippen LogP contribution is 2.42. The number of carboxylic acid groups (broad SMARTS) is 1. The fourth-order valence-corrected chi connectivity index (χ4v) is 6.65. The van der Waals surface area contributed by atoms with Crippen molar-refractivity contribution in [1.82, 2.24) is 0 Å². The Kier molecular flexibility index (Phi) is 22.4. The van der Waals surface area contributed by atoms with Crippen LogP contribution < -0.4 is 0 Å². The van der Waals surface area contributed by atoms with Gasteiger partial charge in [-0.05, 0) is 74.7 Å². The number of aliphatic hydroxyl groups excluding tert-OH is 5. The average molecular weight is 877 g/mol. The number of ketones is 2. The van der Waals surface area contributed by atoms with Crippen molar-refractivity contribution < 1.29 is 68.9 Å². The van der Waals surface area contributed by atoms with Crippen LogP contribution in [0.25, 0.3) is 0 Å². The standard InChI is InChI=1S/C48H60O13.CH4O/c1-28(17-13-19-30(3)21-23-34-32(5)39(51)37(25-47(34,7)8)60-45(58)41(53)36(50)27-49)15-11-12-16-29(2)18-14-20-31(4)22-24-35-33(6)40(52)38(26-48(35,9)10)61-46(59)43(55)42(54)44(56)57;1-2/h11-24,27,36-38,41-43,50,53-55H,25-26H2,1-10H3,(H,56,57);2H,1H3/b12-11+,17-13+,18-14+,23-21+,24-22+,28-15+,29-16+,30-19+,31-20+;. The number of rotatable bonds is 18. The molecule has 0 aromatic rings. The van der Waals surface area contributed by atoms with Crippen LogP contribution in [0.3, 0.4) is 0 Å². The monoisotopic (exact) mass is 876 g/mol. The van der Waals surface area contributed by atoms with Crippen molar-refractivity contribution in [2.75, 3.05) is 7.11 Å². The molecule has 0 bridgehead atoms. The van der Waals surface area contributed by atoms with Crippen LogP contribution in [0.4, 0.5) is 0 Å². The summed E-state index contributed by atoms with van der Waals surface area (Å²) in [6.45, 7) is 18.6. The molecule has 2 aliphatic rings. The van der Waals surface area contributed by atoms with Crippen LogP contribution in [0, 0.1) is 10.8 Å². The topological polar surface area (TPSA) is 242 Å². The number of hydrogen-bond acceptors (Lipinski definition) is 13. The Balaban J connectivity index is 0.00000977. The predicted octanol–water partition coefficient (Wildman–Crippen LogP) is 5.34. The number of carboxylic acids is 1. The van der Waals surface area contributed by atoms with E-state index in [4.69, 9.17) is 19.7 Å². The van der Waals surface area contributed by atoms with E-state index >= 15 is 0 Å². The predicted molar refractivity (Wildman–Crippen MR) is 239 cm³/mol. The molecule has 0 amide bonds. The van der Waals surface area contributed by atoms with Crippen molar-refractivity contribution >= 4 is 35.8 Å². The fourth-order valence-electron chi connectivity index (χ4n) is 6.65. The summed E-state index contributed by atoms with van der Waals surface area (Å²) in [5.74, 6) is -5.28. The molecule has 6 unspecified atom stereocenters. The number of hydrogen-bond donors (Lipinski definition) is 6. The first-order chi connectivity index (χ1) is 29.3. The van der Waals surface area contributed by atoms with E-state index in [0.29, 0.717) is 11.1 Å². The van der Waals surface area contributed by atoms with Crippen LogP contribution in [-0.4, -0.2) is 110 Å². The molecule has 6 N–H and O–H groups in total. The summed E-state index contributed by atoms with van der Waals surface area (Å²) in [7, 11) is 1.00. The van der Waals surface area contributed by atoms with Gasteiger partial charge in [0, 0.05) is 20.0 Å². The van der Waals surface area contributed by atoms with E-state index in [2.05, 4.69) is 0 Å². The molecule has 0 radical (unpaired) electrons. The van der Waals surface area contributed by atoms with E-state index in [9.17, 15) is 49.2 Å². The van der Waals surface area contributed by atoms with Gasteiger partial charge in [-0.25, -0.2) is 14.4 Å². The van der Waals surface area contributed by atoms with Crippen LogP contribution in [0.2, 0.25) is 0 Å². The molecule has 344 valence electrons. The highest BCUT2D eigenvalue weighted by atomic mass is 16.6. The van der Waals surface area contributed by atoms with Crippen molar-refractivity contribution in [2.24, 2.45) is 10.8 Å². The zero-order valence-electron chi connectivity index (χ0n) is 38.0. The third-order valence-electron chi connectivity index (χ3n) is 10.3. The first-order valence-electron chi connectivity index (χ1n) is 20.2. The Hall–Kier alpha value is -5.64. The summed E-state index contributed by atoms with van der Waals surface area (Å²) < 4.78 is 10.3. The summed E-state index contributed by atoms with van der Waals surface area (Å²) in [6, 6.07) is 0. The fraction of sp³-hybridized carbons (Fsp3) is 0.429. The molecule has 0 fully saturated rings. The summed E-state index contributed by atoms with van der Waals surface area (Å²) in [5, 5.41) is 54.3. The van der Waals surface area contributed by atoms with E-state index in [1.165, 1.54) is 0 Å². The number of aliphatic carboxylic acids is 1. The smallest absolute Gasteiger partial charge is 0.339 e. The number of allylic oxidation sites excluding steroid dienone is 20. The first kappa shape index (κ1) is 55.4. The van der Waals surface area contributed by atoms with E-state index < -0.39 is 76.9 Å². The number of ether oxygens (including phenoxy) is 2. The molecular formula is C49H64O14. The summed E-state index contributed by atoms with van der Waals surface area (Å²) in [5.41, 5.74) is 5.05. The number of carbonyl (C=O) groups excluding carboxylic acids is 5. The minimum atomic E-state index is -2.37. The maximum absolute atomic E-state index is 13.0. The average Bonchev–Trinajstić information content (AvgIpc) is 3.22. The number of esters is 2. The van der Waals surface area contributed by atoms with Crippen molar-refractivity contribution in [3.63, 3.8) is 0 Å². The van der Waals surface area contributed by atoms with Gasteiger partial charge in [-0.2, -0.15) is 0 Å². The van der Waals surface area contributed by atoms with Gasteiger partial charge in [0.05, 0.1) is 0 Å². The van der Waals surface area contributed by atoms with Crippen molar-refractivity contribution in [3.8, 4) is 0 Å². The minimum Gasteiger partial charge on any atom is -0.479 e. The number of Topliss-reactive ketones (excluding diaryl/α,β-unsaturated/α-hetero) is 2. The molecule has 0 aliphatic heterocycles. The lowest BCUT2D eigenvalue weighted by Crippen LogP contribution is -2.45. The Morgan fingerprint density at radius 1 is 0.587 bits per heavy atom. The molecule has 0 aromatic heterocycles. The lowest BCUT2D eigenvalue weighted by molar-refractivity contribution is -0.175. The maximum atomic E-state index is 13.0. The number of aldehydes is 1. The Morgan fingerprint density at radius 2 is 0.921 bits per heavy atom. The lowest BCUT2D eigenvalue weighted by Gasteiger charge is -2.36. The van der Waals surface area contributed by atoms with Crippen LogP contribution in [0.1, 0.15) is 82.1 Å². The van der Waals surface area contributed by atoms with Crippen LogP contribution in [-0.2, 0) is 38.2 Å². The minimum absolute atomic E-state index is 0.0216. The molecule has 2 aliphatic carbocycles. The molecule has 14 nitrogen and oxygen atoms in total. The van der Waals surface area contributed by atoms with Crippen molar-refractivity contribution in [3.05, 3.63) is 130 Å². The van der Waals surface area contributed by atoms with Crippen molar-refractivity contribution in [1.29, 1.82) is 0 Å². The third kappa shape index (κ3) is 16.9. The first-order valence-corrected chi connectivity index (χ1v) is 20.2. The molecule has 0 heterocycles. The Labute approximate surface area is 370 Å². The molecule has 0 aromatic carbocycles. The van der Waals surface area contributed by atoms with Gasteiger partial charge in [-0.3, -0.25) is 9.59 Å². The molecule has 6 atom stereocenters. The van der Waals surface area contributed by atoms with Gasteiger partial charge >= 0.3 is 17.9 Å². The lowest BCUT2D eigenvalue weighted by atomic mass is 9.71. The van der Waals surface area contributed by atoms with Gasteiger partial charge in [-0.15, -0.1) is 0 Å². The molecule has 0 saturated heterocycles. The molecule has 0 saturated carbocycles.